The zero-order valence-corrected chi connectivity index (χ0v) is 16.8. The summed E-state index contributed by atoms with van der Waals surface area (Å²) in [7, 11) is 1.95. The van der Waals surface area contributed by atoms with Crippen molar-refractivity contribution in [2.45, 2.75) is 12.5 Å². The maximum absolute atomic E-state index is 13.7. The summed E-state index contributed by atoms with van der Waals surface area (Å²) in [6.45, 7) is 5.75. The van der Waals surface area contributed by atoms with Crippen LogP contribution in [0.1, 0.15) is 5.56 Å². The zero-order chi connectivity index (χ0) is 20.9. The van der Waals surface area contributed by atoms with E-state index in [1.165, 1.54) is 17.0 Å². The first-order valence-corrected chi connectivity index (χ1v) is 9.71. The molecule has 0 aliphatic carbocycles. The van der Waals surface area contributed by atoms with Crippen molar-refractivity contribution < 1.29 is 14.5 Å². The van der Waals surface area contributed by atoms with Crippen molar-refractivity contribution in [3.05, 3.63) is 46.5 Å². The molecule has 2 saturated heterocycles. The first kappa shape index (κ1) is 19.5. The fourth-order valence-electron chi connectivity index (χ4n) is 4.61. The van der Waals surface area contributed by atoms with Crippen LogP contribution >= 0.6 is 12.2 Å². The summed E-state index contributed by atoms with van der Waals surface area (Å²) in [5.41, 5.74) is -0.0192. The van der Waals surface area contributed by atoms with Crippen LogP contribution in [-0.4, -0.2) is 70.9 Å². The molecule has 29 heavy (non-hydrogen) atoms. The highest BCUT2D eigenvalue weighted by Gasteiger charge is 2.61. The van der Waals surface area contributed by atoms with Crippen LogP contribution in [0.15, 0.2) is 30.9 Å². The number of nitrogens with zero attached hydrogens (tertiary/aromatic N) is 4. The molecule has 0 aromatic heterocycles. The molecule has 0 radical (unpaired) electrons. The number of carbonyl (C=O) groups is 2. The van der Waals surface area contributed by atoms with E-state index in [1.807, 2.05) is 11.9 Å². The van der Waals surface area contributed by atoms with Crippen molar-refractivity contribution >= 4 is 40.5 Å². The number of nitro benzene ring substituents is 1. The number of anilines is 1. The minimum absolute atomic E-state index is 0.0612. The molecular formula is C19H21N5O4S. The number of likely N-dealkylation sites (N-methyl/N-ethyl adjacent to an activating group) is 1. The number of piperazine rings is 1. The lowest BCUT2D eigenvalue weighted by atomic mass is 9.67. The number of nitro groups is 1. The Kier molecular flexibility index (Phi) is 4.62. The van der Waals surface area contributed by atoms with Gasteiger partial charge in [0.15, 0.2) is 10.5 Å². The number of fused-ring (bicyclic) bond motifs is 4. The molecule has 1 aromatic carbocycles. The molecule has 152 valence electrons. The lowest BCUT2D eigenvalue weighted by Crippen LogP contribution is -2.75. The van der Waals surface area contributed by atoms with Gasteiger partial charge in [0.25, 0.3) is 5.69 Å². The molecule has 0 bridgehead atoms. The fourth-order valence-corrected chi connectivity index (χ4v) is 4.86. The average molecular weight is 415 g/mol. The highest BCUT2D eigenvalue weighted by molar-refractivity contribution is 7.80. The van der Waals surface area contributed by atoms with E-state index in [0.29, 0.717) is 18.7 Å². The first-order valence-electron chi connectivity index (χ1n) is 9.30. The fraction of sp³-hybridized carbons (Fsp3) is 0.421. The molecule has 9 nitrogen and oxygen atoms in total. The largest absolute Gasteiger partial charge is 0.364 e. The van der Waals surface area contributed by atoms with Crippen LogP contribution in [-0.2, 0) is 16.0 Å². The Bertz CT molecular complexity index is 951. The van der Waals surface area contributed by atoms with Gasteiger partial charge >= 0.3 is 0 Å². The van der Waals surface area contributed by atoms with Crippen molar-refractivity contribution in [1.82, 2.24) is 15.1 Å². The van der Waals surface area contributed by atoms with Crippen LogP contribution in [0.5, 0.6) is 0 Å². The minimum Gasteiger partial charge on any atom is -0.364 e. The Balaban J connectivity index is 1.89. The number of carbonyl (C=O) groups excluding carboxylic acids is 2. The standard InChI is InChI=1S/C19H21N5O4S/c1-3-6-23-17(26)19(16(25)20-18(23)29)10-12-9-13(24(27)28)4-5-14(12)22-8-7-21(2)11-15(19)22/h3-5,9,15H,1,6-8,10-11H2,2H3,(H,20,25,29)/t15-,19-/m0/s1. The molecule has 2 amide bonds. The van der Waals surface area contributed by atoms with Gasteiger partial charge < -0.3 is 15.1 Å². The maximum Gasteiger partial charge on any atom is 0.269 e. The second-order valence-corrected chi connectivity index (χ2v) is 8.04. The summed E-state index contributed by atoms with van der Waals surface area (Å²) < 4.78 is 0. The smallest absolute Gasteiger partial charge is 0.269 e. The van der Waals surface area contributed by atoms with Gasteiger partial charge in [-0.3, -0.25) is 24.6 Å². The number of benzene rings is 1. The number of hydrogen-bond donors (Lipinski definition) is 1. The third-order valence-corrected chi connectivity index (χ3v) is 6.34. The molecule has 0 unspecified atom stereocenters. The third-order valence-electron chi connectivity index (χ3n) is 6.01. The van der Waals surface area contributed by atoms with Crippen molar-refractivity contribution in [3.8, 4) is 0 Å². The van der Waals surface area contributed by atoms with E-state index in [2.05, 4.69) is 16.8 Å². The van der Waals surface area contributed by atoms with Gasteiger partial charge in [0.1, 0.15) is 0 Å². The molecule has 10 heteroatoms. The van der Waals surface area contributed by atoms with Gasteiger partial charge in [-0.1, -0.05) is 6.08 Å². The third kappa shape index (κ3) is 2.82. The van der Waals surface area contributed by atoms with Crippen LogP contribution in [0.2, 0.25) is 0 Å². The molecule has 1 aromatic rings. The Labute approximate surface area is 173 Å². The highest BCUT2D eigenvalue weighted by atomic mass is 32.1. The molecule has 1 spiro atoms. The number of hydrogen-bond acceptors (Lipinski definition) is 7. The van der Waals surface area contributed by atoms with Gasteiger partial charge in [0, 0.05) is 50.4 Å². The molecule has 3 aliphatic heterocycles. The summed E-state index contributed by atoms with van der Waals surface area (Å²) >= 11 is 5.21. The van der Waals surface area contributed by atoms with E-state index in [4.69, 9.17) is 12.2 Å². The van der Waals surface area contributed by atoms with Crippen molar-refractivity contribution in [1.29, 1.82) is 0 Å². The summed E-state index contributed by atoms with van der Waals surface area (Å²) in [5, 5.41) is 14.0. The van der Waals surface area contributed by atoms with Gasteiger partial charge in [-0.25, -0.2) is 0 Å². The van der Waals surface area contributed by atoms with Gasteiger partial charge in [-0.2, -0.15) is 0 Å². The van der Waals surface area contributed by atoms with E-state index >= 15 is 0 Å². The Morgan fingerprint density at radius 3 is 2.86 bits per heavy atom. The van der Waals surface area contributed by atoms with Gasteiger partial charge in [-0.15, -0.1) is 6.58 Å². The number of non-ortho nitro benzene ring substituents is 1. The maximum atomic E-state index is 13.7. The number of nitrogens with one attached hydrogen (secondary N) is 1. The summed E-state index contributed by atoms with van der Waals surface area (Å²) in [6, 6.07) is 4.25. The summed E-state index contributed by atoms with van der Waals surface area (Å²) in [4.78, 5) is 43.2. The normalized spacial score (nSPS) is 26.8. The van der Waals surface area contributed by atoms with Crippen molar-refractivity contribution in [2.75, 3.05) is 38.1 Å². The molecule has 3 heterocycles. The van der Waals surface area contributed by atoms with Gasteiger partial charge in [0.2, 0.25) is 11.8 Å². The van der Waals surface area contributed by atoms with E-state index < -0.39 is 22.3 Å². The Morgan fingerprint density at radius 1 is 1.41 bits per heavy atom. The van der Waals surface area contributed by atoms with Crippen LogP contribution in [0, 0.1) is 15.5 Å². The quantitative estimate of drug-likeness (QED) is 0.255. The van der Waals surface area contributed by atoms with Crippen LogP contribution in [0.3, 0.4) is 0 Å². The molecule has 2 fully saturated rings. The Hall–Kier alpha value is -2.85. The van der Waals surface area contributed by atoms with Crippen LogP contribution < -0.4 is 10.2 Å². The predicted molar refractivity (Wildman–Crippen MR) is 111 cm³/mol. The number of rotatable bonds is 3. The van der Waals surface area contributed by atoms with E-state index in [1.54, 1.807) is 12.1 Å². The highest BCUT2D eigenvalue weighted by Crippen LogP contribution is 2.46. The molecule has 2 atom stereocenters. The zero-order valence-electron chi connectivity index (χ0n) is 16.0. The average Bonchev–Trinajstić information content (AvgIpc) is 2.68. The first-order chi connectivity index (χ1) is 13.8. The number of amides is 2. The molecular weight excluding hydrogens is 394 g/mol. The minimum atomic E-state index is -1.41. The second-order valence-electron chi connectivity index (χ2n) is 7.65. The molecule has 3 aliphatic rings. The SMILES string of the molecule is C=CCN1C(=O)[C@]2(Cc3cc([N+](=O)[O-])ccc3N3CCN(C)C[C@H]32)C(=O)NC1=S. The Morgan fingerprint density at radius 2 is 2.17 bits per heavy atom. The van der Waals surface area contributed by atoms with Gasteiger partial charge in [0.05, 0.1) is 11.0 Å². The summed E-state index contributed by atoms with van der Waals surface area (Å²) in [6.07, 6.45) is 1.64. The lowest BCUT2D eigenvalue weighted by Gasteiger charge is -2.55. The van der Waals surface area contributed by atoms with E-state index in [-0.39, 0.29) is 29.7 Å². The van der Waals surface area contributed by atoms with E-state index in [0.717, 1.165) is 12.2 Å². The predicted octanol–water partition coefficient (Wildman–Crippen LogP) is 0.687. The molecule has 0 saturated carbocycles. The number of thiocarbonyl (C=S) groups is 1. The lowest BCUT2D eigenvalue weighted by molar-refractivity contribution is -0.384. The topological polar surface area (TPSA) is 99.0 Å². The monoisotopic (exact) mass is 415 g/mol. The van der Waals surface area contributed by atoms with Crippen LogP contribution in [0.25, 0.3) is 0 Å². The van der Waals surface area contributed by atoms with Crippen molar-refractivity contribution in [2.24, 2.45) is 5.41 Å². The second kappa shape index (κ2) is 6.89. The molecule has 4 rings (SSSR count). The van der Waals surface area contributed by atoms with Gasteiger partial charge in [-0.05, 0) is 30.9 Å². The summed E-state index contributed by atoms with van der Waals surface area (Å²) in [5.74, 6) is -0.830. The van der Waals surface area contributed by atoms with Crippen LogP contribution in [0.4, 0.5) is 11.4 Å². The van der Waals surface area contributed by atoms with Crippen molar-refractivity contribution in [3.63, 3.8) is 0 Å². The van der Waals surface area contributed by atoms with E-state index in [9.17, 15) is 19.7 Å². The molecule has 1 N–H and O–H groups in total.